The van der Waals surface area contributed by atoms with Crippen LogP contribution in [0.1, 0.15) is 5.56 Å². The number of hydrogen-bond donors (Lipinski definition) is 1. The van der Waals surface area contributed by atoms with Gasteiger partial charge in [0.05, 0.1) is 10.6 Å². The van der Waals surface area contributed by atoms with Gasteiger partial charge in [0.2, 0.25) is 0 Å². The molecule has 0 spiro atoms. The summed E-state index contributed by atoms with van der Waals surface area (Å²) in [7, 11) is 0. The molecule has 0 aliphatic carbocycles. The highest BCUT2D eigenvalue weighted by Gasteiger charge is 2.10. The summed E-state index contributed by atoms with van der Waals surface area (Å²) in [6.45, 7) is 0. The molecule has 2 rings (SSSR count). The quantitative estimate of drug-likeness (QED) is 0.398. The van der Waals surface area contributed by atoms with Crippen molar-refractivity contribution in [2.24, 2.45) is 4.99 Å². The molecule has 0 heterocycles. The van der Waals surface area contributed by atoms with Gasteiger partial charge in [0.15, 0.2) is 0 Å². The van der Waals surface area contributed by atoms with E-state index in [-0.39, 0.29) is 17.2 Å². The number of nitrogens with two attached hydrogens (primary N) is 1. The zero-order valence-electron chi connectivity index (χ0n) is 9.79. The first-order chi connectivity index (χ1) is 9.06. The number of halogens is 1. The van der Waals surface area contributed by atoms with Gasteiger partial charge >= 0.3 is 0 Å². The number of nitrogens with zero attached hydrogens (tertiary/aromatic N) is 2. The summed E-state index contributed by atoms with van der Waals surface area (Å²) in [4.78, 5) is 14.2. The van der Waals surface area contributed by atoms with Crippen molar-refractivity contribution in [1.82, 2.24) is 0 Å². The molecule has 0 aromatic heterocycles. The van der Waals surface area contributed by atoms with Crippen molar-refractivity contribution in [2.75, 3.05) is 5.73 Å². The number of aliphatic imine (C=N–C) groups is 1. The van der Waals surface area contributed by atoms with Crippen LogP contribution in [-0.2, 0) is 0 Å². The van der Waals surface area contributed by atoms with Gasteiger partial charge in [-0.1, -0.05) is 12.1 Å². The fourth-order valence-electron chi connectivity index (χ4n) is 1.49. The fourth-order valence-corrected chi connectivity index (χ4v) is 1.49. The molecule has 0 saturated heterocycles. The topological polar surface area (TPSA) is 81.5 Å². The second-order valence-electron chi connectivity index (χ2n) is 3.81. The summed E-state index contributed by atoms with van der Waals surface area (Å²) in [5, 5.41) is 10.6. The summed E-state index contributed by atoms with van der Waals surface area (Å²) < 4.78 is 12.7. The van der Waals surface area contributed by atoms with Crippen LogP contribution in [0.3, 0.4) is 0 Å². The molecule has 6 heteroatoms. The maximum atomic E-state index is 12.7. The molecule has 0 atom stereocenters. The summed E-state index contributed by atoms with van der Waals surface area (Å²) >= 11 is 0. The molecule has 0 saturated carbocycles. The Morgan fingerprint density at radius 1 is 1.21 bits per heavy atom. The number of nitro groups is 1. The average Bonchev–Trinajstić information content (AvgIpc) is 2.37. The van der Waals surface area contributed by atoms with Gasteiger partial charge in [-0.15, -0.1) is 0 Å². The van der Waals surface area contributed by atoms with E-state index in [1.54, 1.807) is 12.1 Å². The first-order valence-electron chi connectivity index (χ1n) is 5.40. The van der Waals surface area contributed by atoms with Crippen molar-refractivity contribution in [3.8, 4) is 0 Å². The smallest absolute Gasteiger partial charge is 0.292 e. The van der Waals surface area contributed by atoms with Gasteiger partial charge < -0.3 is 5.73 Å². The molecule has 2 N–H and O–H groups in total. The Bertz CT molecular complexity index is 639. The first kappa shape index (κ1) is 12.7. The Hall–Kier alpha value is -2.76. The van der Waals surface area contributed by atoms with E-state index in [2.05, 4.69) is 4.99 Å². The number of nitrogen functional groups attached to an aromatic ring is 1. The van der Waals surface area contributed by atoms with Crippen LogP contribution in [0.2, 0.25) is 0 Å². The van der Waals surface area contributed by atoms with Gasteiger partial charge in [0, 0.05) is 12.3 Å². The molecule has 0 unspecified atom stereocenters. The number of rotatable bonds is 3. The molecule has 2 aromatic rings. The van der Waals surface area contributed by atoms with Gasteiger partial charge in [0.25, 0.3) is 5.69 Å². The van der Waals surface area contributed by atoms with Crippen molar-refractivity contribution in [1.29, 1.82) is 0 Å². The van der Waals surface area contributed by atoms with E-state index >= 15 is 0 Å². The molecular formula is C13H10FN3O2. The Morgan fingerprint density at radius 2 is 1.89 bits per heavy atom. The van der Waals surface area contributed by atoms with Crippen molar-refractivity contribution in [2.45, 2.75) is 0 Å². The van der Waals surface area contributed by atoms with Crippen molar-refractivity contribution in [3.63, 3.8) is 0 Å². The standard InChI is InChI=1S/C13H10FN3O2/c14-10-3-1-9(2-4-10)8-16-11-5-6-13(17(18)19)12(15)7-11/h1-8H,15H2/b16-8+. The lowest BCUT2D eigenvalue weighted by Gasteiger charge is -1.98. The van der Waals surface area contributed by atoms with Crippen LogP contribution < -0.4 is 5.73 Å². The van der Waals surface area contributed by atoms with Gasteiger partial charge in [-0.2, -0.15) is 0 Å². The van der Waals surface area contributed by atoms with E-state index < -0.39 is 4.92 Å². The molecule has 0 aliphatic rings. The van der Waals surface area contributed by atoms with Crippen LogP contribution in [0.15, 0.2) is 47.5 Å². The molecule has 19 heavy (non-hydrogen) atoms. The minimum absolute atomic E-state index is 0.0544. The third-order valence-corrected chi connectivity index (χ3v) is 2.44. The highest BCUT2D eigenvalue weighted by molar-refractivity contribution is 5.82. The van der Waals surface area contributed by atoms with Crippen molar-refractivity contribution in [3.05, 3.63) is 64.0 Å². The second kappa shape index (κ2) is 5.26. The largest absolute Gasteiger partial charge is 0.393 e. The third-order valence-electron chi connectivity index (χ3n) is 2.44. The van der Waals surface area contributed by atoms with Gasteiger partial charge in [0.1, 0.15) is 11.5 Å². The van der Waals surface area contributed by atoms with Crippen LogP contribution in [-0.4, -0.2) is 11.1 Å². The van der Waals surface area contributed by atoms with E-state index in [9.17, 15) is 14.5 Å². The molecule has 5 nitrogen and oxygen atoms in total. The van der Waals surface area contributed by atoms with Crippen LogP contribution in [0.25, 0.3) is 0 Å². The van der Waals surface area contributed by atoms with E-state index in [4.69, 9.17) is 5.73 Å². The predicted molar refractivity (Wildman–Crippen MR) is 71.2 cm³/mol. The van der Waals surface area contributed by atoms with Crippen LogP contribution in [0.4, 0.5) is 21.5 Å². The Labute approximate surface area is 108 Å². The van der Waals surface area contributed by atoms with E-state index in [0.717, 1.165) is 5.56 Å². The van der Waals surface area contributed by atoms with Crippen LogP contribution in [0.5, 0.6) is 0 Å². The highest BCUT2D eigenvalue weighted by Crippen LogP contribution is 2.26. The summed E-state index contributed by atoms with van der Waals surface area (Å²) in [6.07, 6.45) is 1.53. The van der Waals surface area contributed by atoms with Crippen molar-refractivity contribution >= 4 is 23.3 Å². The maximum Gasteiger partial charge on any atom is 0.292 e. The Balaban J connectivity index is 2.22. The van der Waals surface area contributed by atoms with Gasteiger partial charge in [-0.25, -0.2) is 4.39 Å². The summed E-state index contributed by atoms with van der Waals surface area (Å²) in [6, 6.07) is 10.0. The zero-order chi connectivity index (χ0) is 13.8. The summed E-state index contributed by atoms with van der Waals surface area (Å²) in [5.41, 5.74) is 6.66. The molecule has 96 valence electrons. The van der Waals surface area contributed by atoms with E-state index in [0.29, 0.717) is 5.69 Å². The van der Waals surface area contributed by atoms with Gasteiger partial charge in [-0.3, -0.25) is 15.1 Å². The minimum Gasteiger partial charge on any atom is -0.393 e. The molecular weight excluding hydrogens is 249 g/mol. The molecule has 0 aliphatic heterocycles. The first-order valence-corrected chi connectivity index (χ1v) is 5.40. The average molecular weight is 259 g/mol. The number of nitro benzene ring substituents is 1. The molecule has 0 bridgehead atoms. The van der Waals surface area contributed by atoms with E-state index in [1.807, 2.05) is 0 Å². The van der Waals surface area contributed by atoms with Gasteiger partial charge in [-0.05, 0) is 29.8 Å². The molecule has 0 radical (unpaired) electrons. The SMILES string of the molecule is Nc1cc(/N=C/c2ccc(F)cc2)ccc1[N+](=O)[O-]. The lowest BCUT2D eigenvalue weighted by atomic mass is 10.2. The predicted octanol–water partition coefficient (Wildman–Crippen LogP) is 3.07. The lowest BCUT2D eigenvalue weighted by molar-refractivity contribution is -0.383. The van der Waals surface area contributed by atoms with Crippen LogP contribution in [0, 0.1) is 15.9 Å². The summed E-state index contributed by atoms with van der Waals surface area (Å²) in [5.74, 6) is -0.322. The monoisotopic (exact) mass is 259 g/mol. The zero-order valence-corrected chi connectivity index (χ0v) is 9.79. The lowest BCUT2D eigenvalue weighted by Crippen LogP contribution is -1.94. The maximum absolute atomic E-state index is 12.7. The Kier molecular flexibility index (Phi) is 3.51. The molecule has 0 amide bonds. The van der Waals surface area contributed by atoms with Crippen LogP contribution >= 0.6 is 0 Å². The minimum atomic E-state index is -0.553. The highest BCUT2D eigenvalue weighted by atomic mass is 19.1. The number of hydrogen-bond acceptors (Lipinski definition) is 4. The van der Waals surface area contributed by atoms with Crippen molar-refractivity contribution < 1.29 is 9.31 Å². The number of benzene rings is 2. The van der Waals surface area contributed by atoms with E-state index in [1.165, 1.54) is 36.5 Å². The molecule has 0 fully saturated rings. The number of anilines is 1. The normalized spacial score (nSPS) is 10.8. The molecule has 2 aromatic carbocycles. The Morgan fingerprint density at radius 3 is 2.47 bits per heavy atom. The fraction of sp³-hybridized carbons (Fsp3) is 0. The third kappa shape index (κ3) is 3.12. The second-order valence-corrected chi connectivity index (χ2v) is 3.81.